The molecule has 0 saturated carbocycles. The Morgan fingerprint density at radius 2 is 2.31 bits per heavy atom. The lowest BCUT2D eigenvalue weighted by atomic mass is 10.1. The van der Waals surface area contributed by atoms with Gasteiger partial charge in [0.05, 0.1) is 5.56 Å². The molecule has 1 rings (SSSR count). The summed E-state index contributed by atoms with van der Waals surface area (Å²) in [6.45, 7) is 2.43. The molecule has 2 N–H and O–H groups in total. The fourth-order valence-electron chi connectivity index (χ4n) is 1.11. The van der Waals surface area contributed by atoms with Gasteiger partial charge >= 0.3 is 0 Å². The van der Waals surface area contributed by atoms with Gasteiger partial charge in [-0.05, 0) is 24.1 Å². The molecule has 1 aromatic rings. The highest BCUT2D eigenvalue weighted by Crippen LogP contribution is 2.21. The minimum Gasteiger partial charge on any atom is -0.507 e. The lowest BCUT2D eigenvalue weighted by Gasteiger charge is -2.10. The summed E-state index contributed by atoms with van der Waals surface area (Å²) in [4.78, 5) is 11.7. The Morgan fingerprint density at radius 1 is 1.62 bits per heavy atom. The van der Waals surface area contributed by atoms with Gasteiger partial charge in [-0.3, -0.25) is 4.79 Å². The number of nitrogens with one attached hydrogen (secondary N) is 1. The van der Waals surface area contributed by atoms with E-state index in [9.17, 15) is 9.90 Å². The van der Waals surface area contributed by atoms with Gasteiger partial charge in [0.15, 0.2) is 0 Å². The molecule has 0 bridgehead atoms. The van der Waals surface area contributed by atoms with E-state index in [2.05, 4.69) is 21.2 Å². The van der Waals surface area contributed by atoms with Gasteiger partial charge in [-0.25, -0.2) is 0 Å². The molecule has 1 amide bonds. The van der Waals surface area contributed by atoms with Crippen LogP contribution in [0.5, 0.6) is 5.75 Å². The van der Waals surface area contributed by atoms with Gasteiger partial charge in [0.25, 0.3) is 5.91 Å². The molecule has 3 nitrogen and oxygen atoms in total. The molecule has 1 unspecified atom stereocenters. The number of halogens is 2. The van der Waals surface area contributed by atoms with E-state index in [1.807, 2.05) is 6.92 Å². The zero-order chi connectivity index (χ0) is 12.1. The molecule has 0 aliphatic heterocycles. The van der Waals surface area contributed by atoms with Gasteiger partial charge in [-0.1, -0.05) is 22.9 Å². The molecule has 0 fully saturated rings. The van der Waals surface area contributed by atoms with Crippen LogP contribution in [0.15, 0.2) is 22.7 Å². The third kappa shape index (κ3) is 3.68. The Morgan fingerprint density at radius 3 is 2.94 bits per heavy atom. The Kier molecular flexibility index (Phi) is 5.09. The summed E-state index contributed by atoms with van der Waals surface area (Å²) in [5.41, 5.74) is 0.260. The zero-order valence-electron chi connectivity index (χ0n) is 8.84. The van der Waals surface area contributed by atoms with Crippen molar-refractivity contribution in [1.29, 1.82) is 0 Å². The van der Waals surface area contributed by atoms with Crippen LogP contribution in [0, 0.1) is 5.92 Å². The summed E-state index contributed by atoms with van der Waals surface area (Å²) in [7, 11) is 0. The second-order valence-electron chi connectivity index (χ2n) is 3.63. The average molecular weight is 307 g/mol. The molecule has 0 saturated heterocycles. The Bertz CT molecular complexity index is 384. The van der Waals surface area contributed by atoms with E-state index in [1.54, 1.807) is 12.1 Å². The SMILES string of the molecule is CC(CCl)CNC(=O)c1cc(Br)ccc1O. The second-order valence-corrected chi connectivity index (χ2v) is 4.86. The summed E-state index contributed by atoms with van der Waals surface area (Å²) in [6.07, 6.45) is 0. The smallest absolute Gasteiger partial charge is 0.255 e. The first-order valence-electron chi connectivity index (χ1n) is 4.87. The lowest BCUT2D eigenvalue weighted by molar-refractivity contribution is 0.0946. The van der Waals surface area contributed by atoms with E-state index in [1.165, 1.54) is 6.07 Å². The monoisotopic (exact) mass is 305 g/mol. The predicted molar refractivity (Wildman–Crippen MR) is 68.0 cm³/mol. The van der Waals surface area contributed by atoms with E-state index < -0.39 is 0 Å². The third-order valence-corrected chi connectivity index (χ3v) is 3.10. The van der Waals surface area contributed by atoms with Crippen LogP contribution in [0.1, 0.15) is 17.3 Å². The quantitative estimate of drug-likeness (QED) is 0.840. The molecular weight excluding hydrogens is 293 g/mol. The minimum absolute atomic E-state index is 0.0285. The first-order valence-corrected chi connectivity index (χ1v) is 6.20. The molecule has 0 aromatic heterocycles. The molecule has 0 aliphatic carbocycles. The fourth-order valence-corrected chi connectivity index (χ4v) is 1.58. The van der Waals surface area contributed by atoms with Crippen LogP contribution < -0.4 is 5.32 Å². The second kappa shape index (κ2) is 6.11. The number of alkyl halides is 1. The molecule has 0 heterocycles. The highest BCUT2D eigenvalue weighted by Gasteiger charge is 2.12. The normalized spacial score (nSPS) is 12.2. The first-order chi connectivity index (χ1) is 7.54. The maximum absolute atomic E-state index is 11.7. The van der Waals surface area contributed by atoms with Crippen molar-refractivity contribution in [3.8, 4) is 5.75 Å². The molecule has 0 spiro atoms. The molecule has 0 radical (unpaired) electrons. The van der Waals surface area contributed by atoms with E-state index in [0.29, 0.717) is 12.4 Å². The van der Waals surface area contributed by atoms with Crippen molar-refractivity contribution in [3.05, 3.63) is 28.2 Å². The van der Waals surface area contributed by atoms with Crippen molar-refractivity contribution in [3.63, 3.8) is 0 Å². The summed E-state index contributed by atoms with van der Waals surface area (Å²) in [5.74, 6) is 0.375. The number of carbonyl (C=O) groups excluding carboxylic acids is 1. The number of benzene rings is 1. The topological polar surface area (TPSA) is 49.3 Å². The Balaban J connectivity index is 2.69. The van der Waals surface area contributed by atoms with Crippen molar-refractivity contribution >= 4 is 33.4 Å². The van der Waals surface area contributed by atoms with Crippen LogP contribution in [-0.2, 0) is 0 Å². The van der Waals surface area contributed by atoms with Crippen molar-refractivity contribution in [2.75, 3.05) is 12.4 Å². The number of amides is 1. The number of hydrogen-bond acceptors (Lipinski definition) is 2. The van der Waals surface area contributed by atoms with Gasteiger partial charge in [-0.15, -0.1) is 11.6 Å². The van der Waals surface area contributed by atoms with E-state index in [4.69, 9.17) is 11.6 Å². The molecule has 5 heteroatoms. The molecule has 88 valence electrons. The Labute approximate surface area is 108 Å². The zero-order valence-corrected chi connectivity index (χ0v) is 11.2. The number of carbonyl (C=O) groups is 1. The lowest BCUT2D eigenvalue weighted by Crippen LogP contribution is -2.28. The van der Waals surface area contributed by atoms with Crippen molar-refractivity contribution < 1.29 is 9.90 Å². The molecule has 1 aromatic carbocycles. The average Bonchev–Trinajstić information content (AvgIpc) is 2.28. The summed E-state index contributed by atoms with van der Waals surface area (Å²) < 4.78 is 0.751. The van der Waals surface area contributed by atoms with Crippen LogP contribution in [0.25, 0.3) is 0 Å². The maximum atomic E-state index is 11.7. The predicted octanol–water partition coefficient (Wildman–Crippen LogP) is 2.76. The molecule has 0 aliphatic rings. The van der Waals surface area contributed by atoms with Crippen LogP contribution in [-0.4, -0.2) is 23.4 Å². The molecule has 1 atom stereocenters. The maximum Gasteiger partial charge on any atom is 0.255 e. The fraction of sp³-hybridized carbons (Fsp3) is 0.364. The van der Waals surface area contributed by atoms with Crippen molar-refractivity contribution in [1.82, 2.24) is 5.32 Å². The third-order valence-electron chi connectivity index (χ3n) is 2.08. The summed E-state index contributed by atoms with van der Waals surface area (Å²) in [5, 5.41) is 12.2. The van der Waals surface area contributed by atoms with E-state index in [0.717, 1.165) is 4.47 Å². The number of phenols is 1. The van der Waals surface area contributed by atoms with E-state index >= 15 is 0 Å². The number of aromatic hydroxyl groups is 1. The van der Waals surface area contributed by atoms with Gasteiger partial charge < -0.3 is 10.4 Å². The van der Waals surface area contributed by atoms with Crippen LogP contribution in [0.3, 0.4) is 0 Å². The van der Waals surface area contributed by atoms with Gasteiger partial charge in [0.1, 0.15) is 5.75 Å². The van der Waals surface area contributed by atoms with Crippen LogP contribution in [0.4, 0.5) is 0 Å². The highest BCUT2D eigenvalue weighted by atomic mass is 79.9. The summed E-state index contributed by atoms with van der Waals surface area (Å²) >= 11 is 8.88. The Hall–Kier alpha value is -0.740. The van der Waals surface area contributed by atoms with Crippen molar-refractivity contribution in [2.24, 2.45) is 5.92 Å². The first kappa shape index (κ1) is 13.3. The highest BCUT2D eigenvalue weighted by molar-refractivity contribution is 9.10. The number of phenolic OH excluding ortho intramolecular Hbond substituents is 1. The molecular formula is C11H13BrClNO2. The largest absolute Gasteiger partial charge is 0.507 e. The molecule has 16 heavy (non-hydrogen) atoms. The standard InChI is InChI=1S/C11H13BrClNO2/c1-7(5-13)6-14-11(16)9-4-8(12)2-3-10(9)15/h2-4,7,15H,5-6H2,1H3,(H,14,16). The van der Waals surface area contributed by atoms with E-state index in [-0.39, 0.29) is 23.1 Å². The number of hydrogen-bond donors (Lipinski definition) is 2. The van der Waals surface area contributed by atoms with Crippen LogP contribution in [0.2, 0.25) is 0 Å². The van der Waals surface area contributed by atoms with Crippen molar-refractivity contribution in [2.45, 2.75) is 6.92 Å². The van der Waals surface area contributed by atoms with Crippen LogP contribution >= 0.6 is 27.5 Å². The van der Waals surface area contributed by atoms with Gasteiger partial charge in [-0.2, -0.15) is 0 Å². The van der Waals surface area contributed by atoms with Gasteiger partial charge in [0.2, 0.25) is 0 Å². The van der Waals surface area contributed by atoms with Gasteiger partial charge in [0, 0.05) is 16.9 Å². The summed E-state index contributed by atoms with van der Waals surface area (Å²) in [6, 6.07) is 4.73. The number of rotatable bonds is 4. The minimum atomic E-state index is -0.296.